The first-order valence-corrected chi connectivity index (χ1v) is 9.15. The van der Waals surface area contributed by atoms with Gasteiger partial charge in [0, 0.05) is 24.1 Å². The zero-order valence-corrected chi connectivity index (χ0v) is 16.5. The van der Waals surface area contributed by atoms with Gasteiger partial charge in [0.25, 0.3) is 5.91 Å². The fraction of sp³-hybridized carbons (Fsp3) is 0.286. The number of furan rings is 1. The van der Waals surface area contributed by atoms with Crippen LogP contribution in [0.25, 0.3) is 22.3 Å². The Morgan fingerprint density at radius 1 is 1.17 bits per heavy atom. The van der Waals surface area contributed by atoms with Gasteiger partial charge in [-0.2, -0.15) is 13.2 Å². The highest BCUT2D eigenvalue weighted by Gasteiger charge is 2.28. The number of fused-ring (bicyclic) bond motifs is 1. The Bertz CT molecular complexity index is 1060. The second-order valence-corrected chi connectivity index (χ2v) is 6.87. The van der Waals surface area contributed by atoms with E-state index in [1.807, 2.05) is 0 Å². The molecule has 1 amide bonds. The van der Waals surface area contributed by atoms with Crippen molar-refractivity contribution in [3.05, 3.63) is 47.8 Å². The summed E-state index contributed by atoms with van der Waals surface area (Å²) in [6, 6.07) is 8.18. The lowest BCUT2D eigenvalue weighted by Gasteiger charge is -2.16. The molecule has 0 saturated carbocycles. The lowest BCUT2D eigenvalue weighted by molar-refractivity contribution is -0.115. The lowest BCUT2D eigenvalue weighted by atomic mass is 10.0. The summed E-state index contributed by atoms with van der Waals surface area (Å²) in [4.78, 5) is 12.6. The molecule has 160 valence electrons. The van der Waals surface area contributed by atoms with Crippen LogP contribution >= 0.6 is 0 Å². The fourth-order valence-electron chi connectivity index (χ4n) is 2.96. The fourth-order valence-corrected chi connectivity index (χ4v) is 2.96. The van der Waals surface area contributed by atoms with Gasteiger partial charge in [0.1, 0.15) is 29.5 Å². The number of carbonyl (C=O) groups excluding carboxylic acids is 1. The first-order chi connectivity index (χ1) is 14.1. The molecule has 3 rings (SSSR count). The van der Waals surface area contributed by atoms with Crippen LogP contribution in [0.15, 0.2) is 40.8 Å². The summed E-state index contributed by atoms with van der Waals surface area (Å²) in [5.74, 6) is -0.589. The van der Waals surface area contributed by atoms with Crippen LogP contribution in [-0.2, 0) is 0 Å². The van der Waals surface area contributed by atoms with Crippen LogP contribution in [0.4, 0.5) is 23.2 Å². The minimum atomic E-state index is -4.43. The molecule has 0 atom stereocenters. The topological polar surface area (TPSA) is 63.5 Å². The summed E-state index contributed by atoms with van der Waals surface area (Å²) < 4.78 is 62.9. The summed E-state index contributed by atoms with van der Waals surface area (Å²) in [5, 5.41) is 5.20. The van der Waals surface area contributed by atoms with Crippen LogP contribution in [0.2, 0.25) is 0 Å². The summed E-state index contributed by atoms with van der Waals surface area (Å²) in [6.07, 6.45) is -4.75. The Hall–Kier alpha value is -3.23. The van der Waals surface area contributed by atoms with Gasteiger partial charge in [-0.1, -0.05) is 0 Å². The molecule has 0 spiro atoms. The van der Waals surface area contributed by atoms with Gasteiger partial charge in [-0.05, 0) is 44.2 Å². The van der Waals surface area contributed by atoms with Gasteiger partial charge in [-0.3, -0.25) is 4.79 Å². The normalized spacial score (nSPS) is 11.7. The number of alkyl halides is 3. The van der Waals surface area contributed by atoms with Gasteiger partial charge in [-0.25, -0.2) is 4.39 Å². The molecule has 2 N–H and O–H groups in total. The van der Waals surface area contributed by atoms with Crippen LogP contribution in [0.3, 0.4) is 0 Å². The summed E-state index contributed by atoms with van der Waals surface area (Å²) in [7, 11) is 1.44. The van der Waals surface area contributed by atoms with E-state index in [1.165, 1.54) is 43.4 Å². The third-order valence-corrected chi connectivity index (χ3v) is 4.19. The van der Waals surface area contributed by atoms with Crippen molar-refractivity contribution in [3.63, 3.8) is 0 Å². The van der Waals surface area contributed by atoms with E-state index in [0.717, 1.165) is 0 Å². The molecule has 0 radical (unpaired) electrons. The van der Waals surface area contributed by atoms with Gasteiger partial charge >= 0.3 is 6.18 Å². The van der Waals surface area contributed by atoms with Gasteiger partial charge < -0.3 is 19.8 Å². The van der Waals surface area contributed by atoms with Crippen molar-refractivity contribution in [3.8, 4) is 17.1 Å². The molecule has 3 aromatic rings. The van der Waals surface area contributed by atoms with Crippen molar-refractivity contribution in [2.75, 3.05) is 18.9 Å². The van der Waals surface area contributed by atoms with Crippen LogP contribution in [0, 0.1) is 5.82 Å². The second kappa shape index (κ2) is 8.25. The molecule has 2 aromatic carbocycles. The molecule has 0 aliphatic heterocycles. The number of rotatable bonds is 6. The van der Waals surface area contributed by atoms with Crippen molar-refractivity contribution < 1.29 is 31.5 Å². The van der Waals surface area contributed by atoms with E-state index < -0.39 is 24.4 Å². The Morgan fingerprint density at radius 2 is 1.83 bits per heavy atom. The van der Waals surface area contributed by atoms with E-state index in [9.17, 15) is 22.4 Å². The summed E-state index contributed by atoms with van der Waals surface area (Å²) >= 11 is 0. The zero-order valence-electron chi connectivity index (χ0n) is 16.5. The average molecular weight is 424 g/mol. The first-order valence-electron chi connectivity index (χ1n) is 9.15. The molecule has 1 aromatic heterocycles. The number of benzene rings is 2. The van der Waals surface area contributed by atoms with Gasteiger partial charge in [-0.15, -0.1) is 0 Å². The highest BCUT2D eigenvalue weighted by Crippen LogP contribution is 2.39. The molecule has 0 unspecified atom stereocenters. The van der Waals surface area contributed by atoms with Crippen molar-refractivity contribution in [1.29, 1.82) is 0 Å². The molecule has 0 aliphatic rings. The van der Waals surface area contributed by atoms with E-state index in [2.05, 4.69) is 10.6 Å². The molecular formula is C21H20F4N2O3. The predicted octanol–water partition coefficient (Wildman–Crippen LogP) is 5.36. The Kier molecular flexibility index (Phi) is 5.91. The maximum Gasteiger partial charge on any atom is 0.405 e. The van der Waals surface area contributed by atoms with Crippen LogP contribution in [0.5, 0.6) is 5.75 Å². The van der Waals surface area contributed by atoms with E-state index in [4.69, 9.17) is 9.15 Å². The van der Waals surface area contributed by atoms with Gasteiger partial charge in [0.2, 0.25) is 0 Å². The van der Waals surface area contributed by atoms with Crippen LogP contribution < -0.4 is 15.4 Å². The molecule has 9 heteroatoms. The number of anilines is 1. The zero-order chi connectivity index (χ0) is 22.1. The first kappa shape index (κ1) is 21.5. The number of halogens is 4. The third-order valence-electron chi connectivity index (χ3n) is 4.19. The molecule has 5 nitrogen and oxygen atoms in total. The van der Waals surface area contributed by atoms with Crippen molar-refractivity contribution in [2.24, 2.45) is 0 Å². The van der Waals surface area contributed by atoms with E-state index in [-0.39, 0.29) is 34.4 Å². The lowest BCUT2D eigenvalue weighted by Crippen LogP contribution is -2.22. The Labute approximate surface area is 170 Å². The summed E-state index contributed by atoms with van der Waals surface area (Å²) in [6.45, 7) is 2.20. The van der Waals surface area contributed by atoms with E-state index in [1.54, 1.807) is 13.8 Å². The quantitative estimate of drug-likeness (QED) is 0.523. The molecule has 0 bridgehead atoms. The van der Waals surface area contributed by atoms with Crippen LogP contribution in [-0.4, -0.2) is 31.8 Å². The predicted molar refractivity (Wildman–Crippen MR) is 105 cm³/mol. The highest BCUT2D eigenvalue weighted by molar-refractivity contribution is 6.12. The monoisotopic (exact) mass is 424 g/mol. The van der Waals surface area contributed by atoms with Crippen LogP contribution in [0.1, 0.15) is 24.2 Å². The Balaban J connectivity index is 2.21. The maximum atomic E-state index is 13.3. The van der Waals surface area contributed by atoms with E-state index in [0.29, 0.717) is 10.9 Å². The average Bonchev–Trinajstić information content (AvgIpc) is 3.03. The second-order valence-electron chi connectivity index (χ2n) is 6.87. The molecule has 0 fully saturated rings. The number of hydrogen-bond donors (Lipinski definition) is 2. The minimum absolute atomic E-state index is 0.0800. The van der Waals surface area contributed by atoms with Crippen molar-refractivity contribution >= 4 is 22.6 Å². The van der Waals surface area contributed by atoms with Gasteiger partial charge in [0.05, 0.1) is 17.4 Å². The minimum Gasteiger partial charge on any atom is -0.489 e. The largest absolute Gasteiger partial charge is 0.489 e. The number of hydrogen-bond acceptors (Lipinski definition) is 4. The number of carbonyl (C=O) groups is 1. The molecule has 0 saturated heterocycles. The van der Waals surface area contributed by atoms with E-state index >= 15 is 0 Å². The van der Waals surface area contributed by atoms with Gasteiger partial charge in [0.15, 0.2) is 0 Å². The molecule has 0 aliphatic carbocycles. The number of nitrogens with one attached hydrogen (secondary N) is 2. The maximum absolute atomic E-state index is 13.3. The summed E-state index contributed by atoms with van der Waals surface area (Å²) in [5.41, 5.74) is 0.891. The highest BCUT2D eigenvalue weighted by atomic mass is 19.4. The number of ether oxygens (including phenoxy) is 1. The molecule has 1 heterocycles. The SMILES string of the molecule is CNC(=O)c1c(-c2ccc(F)cc2)oc2cc(NCC(F)(F)F)c(OC(C)C)cc12. The smallest absolute Gasteiger partial charge is 0.405 e. The Morgan fingerprint density at radius 3 is 2.40 bits per heavy atom. The van der Waals surface area contributed by atoms with Crippen molar-refractivity contribution in [2.45, 2.75) is 26.1 Å². The molecular weight excluding hydrogens is 404 g/mol. The number of amides is 1. The molecule has 30 heavy (non-hydrogen) atoms. The third kappa shape index (κ3) is 4.67. The van der Waals surface area contributed by atoms with Crippen molar-refractivity contribution in [1.82, 2.24) is 5.32 Å². The standard InChI is InChI=1S/C21H20F4N2O3/c1-11(2)29-17-8-14-16(9-15(17)27-10-21(23,24)25)30-19(18(14)20(28)26-3)12-4-6-13(22)7-5-12/h4-9,11,27H,10H2,1-3H3,(H,26,28).